The lowest BCUT2D eigenvalue weighted by molar-refractivity contribution is -0.191. The van der Waals surface area contributed by atoms with Crippen molar-refractivity contribution in [1.29, 1.82) is 0 Å². The van der Waals surface area contributed by atoms with Crippen LogP contribution in [0.1, 0.15) is 18.6 Å². The molecule has 9 N–H and O–H groups in total. The van der Waals surface area contributed by atoms with Crippen molar-refractivity contribution in [3.8, 4) is 23.0 Å². The van der Waals surface area contributed by atoms with Crippen molar-refractivity contribution in [2.24, 2.45) is 11.5 Å². The van der Waals surface area contributed by atoms with Crippen LogP contribution in [0.3, 0.4) is 0 Å². The van der Waals surface area contributed by atoms with Crippen molar-refractivity contribution in [3.63, 3.8) is 0 Å². The number of carbonyl (C=O) groups excluding carboxylic acids is 2. The Morgan fingerprint density at radius 3 is 1.69 bits per heavy atom. The Morgan fingerprint density at radius 2 is 1.31 bits per heavy atom. The standard InChI is InChI=1S/C9H11NO4.C8H11NO2.CO2.CH4/c10-6(9(13)14)3-5-1-2-7(11)8(12)4-5;9-4-3-6-1-2-7(10)8(11)5-6;2-1-3;/h1-2,4,6,11-12H,3,10H2,(H,13,14);1-2,5,10-11H,3-4,9H2;;1H4/t6-;;;/m0.../s1. The first-order valence-corrected chi connectivity index (χ1v) is 7.85. The molecule has 10 nitrogen and oxygen atoms in total. The van der Waals surface area contributed by atoms with Crippen LogP contribution in [0.5, 0.6) is 23.0 Å². The second-order valence-electron chi connectivity index (χ2n) is 5.42. The molecular formula is C19H26N2O8. The summed E-state index contributed by atoms with van der Waals surface area (Å²) >= 11 is 0. The van der Waals surface area contributed by atoms with E-state index in [0.717, 1.165) is 5.56 Å². The van der Waals surface area contributed by atoms with Gasteiger partial charge in [0.2, 0.25) is 0 Å². The van der Waals surface area contributed by atoms with Crippen molar-refractivity contribution in [2.75, 3.05) is 6.54 Å². The van der Waals surface area contributed by atoms with E-state index in [0.29, 0.717) is 18.5 Å². The van der Waals surface area contributed by atoms with Crippen molar-refractivity contribution in [3.05, 3.63) is 47.5 Å². The predicted octanol–water partition coefficient (Wildman–Crippen LogP) is 0.704. The molecule has 0 aliphatic rings. The molecule has 0 amide bonds. The van der Waals surface area contributed by atoms with Crippen LogP contribution in [-0.4, -0.2) is 50.2 Å². The molecule has 0 saturated carbocycles. The number of nitrogens with two attached hydrogens (primary N) is 2. The molecule has 29 heavy (non-hydrogen) atoms. The molecule has 0 spiro atoms. The summed E-state index contributed by atoms with van der Waals surface area (Å²) in [6, 6.07) is 7.80. The number of phenols is 4. The van der Waals surface area contributed by atoms with Gasteiger partial charge in [0.1, 0.15) is 6.04 Å². The third kappa shape index (κ3) is 11.0. The normalized spacial score (nSPS) is 10.0. The van der Waals surface area contributed by atoms with Crippen LogP contribution in [0.4, 0.5) is 0 Å². The van der Waals surface area contributed by atoms with Crippen LogP contribution in [0.25, 0.3) is 0 Å². The average Bonchev–Trinajstić information content (AvgIpc) is 2.63. The first kappa shape index (κ1) is 27.6. The Labute approximate surface area is 167 Å². The third-order valence-electron chi connectivity index (χ3n) is 3.29. The van der Waals surface area contributed by atoms with Crippen LogP contribution >= 0.6 is 0 Å². The average molecular weight is 410 g/mol. The minimum Gasteiger partial charge on any atom is -0.504 e. The molecule has 160 valence electrons. The fourth-order valence-corrected chi connectivity index (χ4v) is 1.93. The molecule has 0 aliphatic carbocycles. The first-order chi connectivity index (χ1) is 13.2. The summed E-state index contributed by atoms with van der Waals surface area (Å²) < 4.78 is 0. The number of carboxylic acid groups (broad SMARTS) is 1. The van der Waals surface area contributed by atoms with E-state index in [1.54, 1.807) is 6.07 Å². The van der Waals surface area contributed by atoms with Crippen molar-refractivity contribution < 1.29 is 39.9 Å². The zero-order valence-electron chi connectivity index (χ0n) is 14.8. The fourth-order valence-electron chi connectivity index (χ4n) is 1.93. The zero-order chi connectivity index (χ0) is 21.7. The number of phenolic OH excluding ortho intramolecular Hbond substituents is 4. The van der Waals surface area contributed by atoms with Gasteiger partial charge in [-0.05, 0) is 54.8 Å². The van der Waals surface area contributed by atoms with Crippen molar-refractivity contribution >= 4 is 12.1 Å². The van der Waals surface area contributed by atoms with Crippen LogP contribution in [-0.2, 0) is 27.2 Å². The Bertz CT molecular complexity index is 805. The topological polar surface area (TPSA) is 204 Å². The van der Waals surface area contributed by atoms with Crippen LogP contribution in [0.2, 0.25) is 0 Å². The molecule has 2 aromatic rings. The number of hydrogen-bond donors (Lipinski definition) is 7. The van der Waals surface area contributed by atoms with Gasteiger partial charge in [0.25, 0.3) is 0 Å². The maximum atomic E-state index is 10.4. The van der Waals surface area contributed by atoms with Gasteiger partial charge in [-0.15, -0.1) is 0 Å². The van der Waals surface area contributed by atoms with Gasteiger partial charge in [-0.1, -0.05) is 19.6 Å². The summed E-state index contributed by atoms with van der Waals surface area (Å²) in [7, 11) is 0. The Balaban J connectivity index is 0. The summed E-state index contributed by atoms with van der Waals surface area (Å²) in [6.45, 7) is 0.546. The molecule has 0 saturated heterocycles. The minimum atomic E-state index is -1.10. The molecule has 10 heteroatoms. The maximum Gasteiger partial charge on any atom is 0.373 e. The highest BCUT2D eigenvalue weighted by Crippen LogP contribution is 2.25. The van der Waals surface area contributed by atoms with Crippen LogP contribution < -0.4 is 11.5 Å². The lowest BCUT2D eigenvalue weighted by Gasteiger charge is -2.06. The second kappa shape index (κ2) is 14.5. The summed E-state index contributed by atoms with van der Waals surface area (Å²) in [5.41, 5.74) is 12.1. The molecule has 0 aromatic heterocycles. The number of aromatic hydroxyl groups is 4. The molecule has 0 aliphatic heterocycles. The summed E-state index contributed by atoms with van der Waals surface area (Å²) in [4.78, 5) is 26.7. The van der Waals surface area contributed by atoms with Crippen LogP contribution in [0, 0.1) is 0 Å². The zero-order valence-corrected chi connectivity index (χ0v) is 14.8. The monoisotopic (exact) mass is 410 g/mol. The SMILES string of the molecule is C.NCCc1ccc(O)c(O)c1.N[C@@H](Cc1ccc(O)c(O)c1)C(=O)O.O=C=O. The maximum absolute atomic E-state index is 10.4. The summed E-state index contributed by atoms with van der Waals surface area (Å²) in [5, 5.41) is 44.6. The van der Waals surface area contributed by atoms with Crippen LogP contribution in [0.15, 0.2) is 36.4 Å². The van der Waals surface area contributed by atoms with Gasteiger partial charge in [0.05, 0.1) is 0 Å². The van der Waals surface area contributed by atoms with E-state index in [9.17, 15) is 4.79 Å². The lowest BCUT2D eigenvalue weighted by atomic mass is 10.1. The predicted molar refractivity (Wildman–Crippen MR) is 103 cm³/mol. The summed E-state index contributed by atoms with van der Waals surface area (Å²) in [6.07, 6.45) is 1.08. The van der Waals surface area contributed by atoms with E-state index < -0.39 is 12.0 Å². The van der Waals surface area contributed by atoms with Crippen molar-refractivity contribution in [2.45, 2.75) is 26.3 Å². The molecule has 0 radical (unpaired) electrons. The molecule has 0 unspecified atom stereocenters. The Morgan fingerprint density at radius 1 is 0.897 bits per heavy atom. The van der Waals surface area contributed by atoms with E-state index in [4.69, 9.17) is 46.6 Å². The highest BCUT2D eigenvalue weighted by atomic mass is 16.4. The number of aliphatic carboxylic acids is 1. The molecule has 0 bridgehead atoms. The van der Waals surface area contributed by atoms with Gasteiger partial charge in [-0.2, -0.15) is 9.59 Å². The van der Waals surface area contributed by atoms with Gasteiger partial charge >= 0.3 is 12.1 Å². The molecular weight excluding hydrogens is 384 g/mol. The number of carboxylic acids is 1. The lowest BCUT2D eigenvalue weighted by Crippen LogP contribution is -2.32. The highest BCUT2D eigenvalue weighted by Gasteiger charge is 2.12. The van der Waals surface area contributed by atoms with E-state index in [2.05, 4.69) is 0 Å². The van der Waals surface area contributed by atoms with E-state index in [1.807, 2.05) is 0 Å². The number of rotatable bonds is 5. The van der Waals surface area contributed by atoms with E-state index in [1.165, 1.54) is 30.3 Å². The molecule has 2 rings (SSSR count). The van der Waals surface area contributed by atoms with E-state index in [-0.39, 0.29) is 43.0 Å². The Hall–Kier alpha value is -3.59. The highest BCUT2D eigenvalue weighted by molar-refractivity contribution is 5.73. The minimum absolute atomic E-state index is 0. The number of hydrogen-bond acceptors (Lipinski definition) is 9. The Kier molecular flexibility index (Phi) is 13.8. The van der Waals surface area contributed by atoms with Crippen molar-refractivity contribution in [1.82, 2.24) is 0 Å². The molecule has 1 atom stereocenters. The van der Waals surface area contributed by atoms with Gasteiger partial charge < -0.3 is 37.0 Å². The number of carbonyl (C=O) groups is 1. The van der Waals surface area contributed by atoms with Gasteiger partial charge in [-0.3, -0.25) is 4.79 Å². The third-order valence-corrected chi connectivity index (χ3v) is 3.29. The fraction of sp³-hybridized carbons (Fsp3) is 0.263. The quantitative estimate of drug-likeness (QED) is 0.344. The molecule has 0 fully saturated rings. The molecule has 0 heterocycles. The summed E-state index contributed by atoms with van der Waals surface area (Å²) in [5.74, 6) is -1.79. The molecule has 2 aromatic carbocycles. The van der Waals surface area contributed by atoms with Gasteiger partial charge in [0.15, 0.2) is 23.0 Å². The second-order valence-corrected chi connectivity index (χ2v) is 5.42. The van der Waals surface area contributed by atoms with Gasteiger partial charge in [-0.25, -0.2) is 0 Å². The van der Waals surface area contributed by atoms with Gasteiger partial charge in [0, 0.05) is 0 Å². The first-order valence-electron chi connectivity index (χ1n) is 7.85. The van der Waals surface area contributed by atoms with E-state index >= 15 is 0 Å². The largest absolute Gasteiger partial charge is 0.504 e. The number of benzene rings is 2. The smallest absolute Gasteiger partial charge is 0.373 e.